The first kappa shape index (κ1) is 11.3. The van der Waals surface area contributed by atoms with Crippen LogP contribution in [0.15, 0.2) is 46.9 Å². The third-order valence-corrected chi connectivity index (χ3v) is 2.73. The fraction of sp³-hybridized carbons (Fsp3) is 0. The average Bonchev–Trinajstić information content (AvgIpc) is 2.25. The molecule has 0 N–H and O–H groups in total. The molecule has 0 saturated heterocycles. The zero-order valence-corrected chi connectivity index (χ0v) is 10.5. The minimum absolute atomic E-state index is 0.0470. The molecule has 0 unspecified atom stereocenters. The Hall–Kier alpha value is -1.19. The lowest BCUT2D eigenvalue weighted by Crippen LogP contribution is -1.84. The van der Waals surface area contributed by atoms with Crippen LogP contribution in [0.3, 0.4) is 0 Å². The normalized spacial score (nSPS) is 10.1. The van der Waals surface area contributed by atoms with Gasteiger partial charge in [-0.1, -0.05) is 27.5 Å². The molecular weight excluding hydrogens is 291 g/mol. The molecule has 1 radical (unpaired) electrons. The molecule has 0 amide bonds. The van der Waals surface area contributed by atoms with Crippen molar-refractivity contribution >= 4 is 27.5 Å². The van der Waals surface area contributed by atoms with Gasteiger partial charge in [-0.2, -0.15) is 0 Å². The van der Waals surface area contributed by atoms with E-state index in [9.17, 15) is 5.11 Å². The molecule has 4 heteroatoms. The second-order valence-electron chi connectivity index (χ2n) is 3.15. The van der Waals surface area contributed by atoms with Crippen LogP contribution in [-0.2, 0) is 5.11 Å². The molecule has 0 spiro atoms. The molecule has 0 saturated carbocycles. The summed E-state index contributed by atoms with van der Waals surface area (Å²) >= 11 is 9.30. The van der Waals surface area contributed by atoms with Crippen molar-refractivity contribution in [3.8, 4) is 17.2 Å². The van der Waals surface area contributed by atoms with Crippen LogP contribution in [0.2, 0.25) is 5.02 Å². The first-order valence-electron chi connectivity index (χ1n) is 4.55. The van der Waals surface area contributed by atoms with Gasteiger partial charge in [0.15, 0.2) is 5.75 Å². The largest absolute Gasteiger partial charge is 0.456 e. The Balaban J connectivity index is 2.23. The summed E-state index contributed by atoms with van der Waals surface area (Å²) in [5.41, 5.74) is 0. The molecule has 0 aromatic heterocycles. The lowest BCUT2D eigenvalue weighted by molar-refractivity contribution is 0.354. The third-order valence-electron chi connectivity index (χ3n) is 1.95. The molecule has 2 nitrogen and oxygen atoms in total. The molecule has 16 heavy (non-hydrogen) atoms. The van der Waals surface area contributed by atoms with Crippen molar-refractivity contribution in [2.24, 2.45) is 0 Å². The molecular formula is C12H7BrClO2. The summed E-state index contributed by atoms with van der Waals surface area (Å²) in [5, 5.41) is 11.4. The molecule has 0 aliphatic rings. The Labute approximate surface area is 107 Å². The molecule has 0 aliphatic carbocycles. The van der Waals surface area contributed by atoms with Crippen LogP contribution in [-0.4, -0.2) is 0 Å². The van der Waals surface area contributed by atoms with Crippen molar-refractivity contribution in [2.45, 2.75) is 0 Å². The first-order valence-corrected chi connectivity index (χ1v) is 5.72. The molecule has 0 heterocycles. The van der Waals surface area contributed by atoms with Crippen molar-refractivity contribution in [1.29, 1.82) is 0 Å². The van der Waals surface area contributed by atoms with Gasteiger partial charge in [0.05, 0.1) is 5.02 Å². The number of hydrogen-bond donors (Lipinski definition) is 0. The summed E-state index contributed by atoms with van der Waals surface area (Å²) < 4.78 is 6.42. The highest BCUT2D eigenvalue weighted by Crippen LogP contribution is 2.32. The van der Waals surface area contributed by atoms with E-state index in [0.29, 0.717) is 16.5 Å². The summed E-state index contributed by atoms with van der Waals surface area (Å²) in [6.07, 6.45) is 0. The molecule has 2 rings (SSSR count). The lowest BCUT2D eigenvalue weighted by Gasteiger charge is -2.07. The maximum Gasteiger partial charge on any atom is 0.178 e. The predicted molar refractivity (Wildman–Crippen MR) is 65.8 cm³/mol. The van der Waals surface area contributed by atoms with Crippen LogP contribution in [0, 0.1) is 0 Å². The van der Waals surface area contributed by atoms with Crippen LogP contribution < -0.4 is 4.74 Å². The number of ether oxygens (including phenoxy) is 1. The van der Waals surface area contributed by atoms with E-state index in [1.54, 1.807) is 24.3 Å². The summed E-state index contributed by atoms with van der Waals surface area (Å²) in [4.78, 5) is 0. The van der Waals surface area contributed by atoms with E-state index in [4.69, 9.17) is 16.3 Å². The monoisotopic (exact) mass is 297 g/mol. The van der Waals surface area contributed by atoms with Gasteiger partial charge in [0, 0.05) is 4.47 Å². The van der Waals surface area contributed by atoms with Gasteiger partial charge in [-0.3, -0.25) is 5.11 Å². The second kappa shape index (κ2) is 4.76. The van der Waals surface area contributed by atoms with E-state index < -0.39 is 0 Å². The van der Waals surface area contributed by atoms with Gasteiger partial charge in [-0.25, -0.2) is 0 Å². The quantitative estimate of drug-likeness (QED) is 0.763. The third kappa shape index (κ3) is 2.68. The minimum Gasteiger partial charge on any atom is -0.456 e. The molecule has 2 aromatic carbocycles. The molecule has 0 atom stereocenters. The van der Waals surface area contributed by atoms with Crippen molar-refractivity contribution in [1.82, 2.24) is 0 Å². The van der Waals surface area contributed by atoms with Crippen molar-refractivity contribution in [2.75, 3.05) is 0 Å². The highest BCUT2D eigenvalue weighted by molar-refractivity contribution is 9.10. The SMILES string of the molecule is [O]c1ccc(Oc2ccc(Br)cc2Cl)cc1. The Kier molecular flexibility index (Phi) is 3.36. The predicted octanol–water partition coefficient (Wildman–Crippen LogP) is 5.04. The summed E-state index contributed by atoms with van der Waals surface area (Å²) in [5.74, 6) is 1.10. The molecule has 0 bridgehead atoms. The van der Waals surface area contributed by atoms with Gasteiger partial charge in [-0.05, 0) is 42.5 Å². The van der Waals surface area contributed by atoms with Crippen molar-refractivity contribution < 1.29 is 9.84 Å². The standard InChI is InChI=1S/C12H7BrClO2/c13-8-1-6-12(11(14)7-8)16-10-4-2-9(15)3-5-10/h1-7H. The van der Waals surface area contributed by atoms with Gasteiger partial charge in [0.25, 0.3) is 0 Å². The maximum absolute atomic E-state index is 10.9. The molecule has 2 aromatic rings. The molecule has 81 valence electrons. The van der Waals surface area contributed by atoms with E-state index in [1.807, 2.05) is 6.07 Å². The Bertz CT molecular complexity index is 497. The van der Waals surface area contributed by atoms with Gasteiger partial charge < -0.3 is 4.74 Å². The van der Waals surface area contributed by atoms with E-state index >= 15 is 0 Å². The first-order chi connectivity index (χ1) is 7.65. The number of halogens is 2. The highest BCUT2D eigenvalue weighted by atomic mass is 79.9. The number of hydrogen-bond acceptors (Lipinski definition) is 1. The van der Waals surface area contributed by atoms with E-state index in [-0.39, 0.29) is 5.75 Å². The maximum atomic E-state index is 10.9. The smallest absolute Gasteiger partial charge is 0.178 e. The van der Waals surface area contributed by atoms with Gasteiger partial charge in [0.2, 0.25) is 0 Å². The van der Waals surface area contributed by atoms with Crippen LogP contribution in [0.5, 0.6) is 17.2 Å². The van der Waals surface area contributed by atoms with Gasteiger partial charge >= 0.3 is 0 Å². The zero-order valence-electron chi connectivity index (χ0n) is 8.11. The van der Waals surface area contributed by atoms with E-state index in [1.165, 1.54) is 12.1 Å². The lowest BCUT2D eigenvalue weighted by atomic mass is 10.3. The fourth-order valence-electron chi connectivity index (χ4n) is 1.19. The Morgan fingerprint density at radius 3 is 2.38 bits per heavy atom. The average molecular weight is 299 g/mol. The highest BCUT2D eigenvalue weighted by Gasteiger charge is 2.03. The number of rotatable bonds is 2. The summed E-state index contributed by atoms with van der Waals surface area (Å²) in [6.45, 7) is 0. The van der Waals surface area contributed by atoms with Crippen LogP contribution in [0.1, 0.15) is 0 Å². The van der Waals surface area contributed by atoms with Gasteiger partial charge in [-0.15, -0.1) is 0 Å². The fourth-order valence-corrected chi connectivity index (χ4v) is 1.90. The summed E-state index contributed by atoms with van der Waals surface area (Å²) in [7, 11) is 0. The van der Waals surface area contributed by atoms with E-state index in [0.717, 1.165) is 4.47 Å². The topological polar surface area (TPSA) is 29.1 Å². The van der Waals surface area contributed by atoms with Crippen LogP contribution >= 0.6 is 27.5 Å². The second-order valence-corrected chi connectivity index (χ2v) is 4.47. The zero-order chi connectivity index (χ0) is 11.5. The minimum atomic E-state index is -0.0470. The van der Waals surface area contributed by atoms with Gasteiger partial charge in [0.1, 0.15) is 11.5 Å². The van der Waals surface area contributed by atoms with Crippen LogP contribution in [0.25, 0.3) is 0 Å². The van der Waals surface area contributed by atoms with Crippen molar-refractivity contribution in [3.05, 3.63) is 52.0 Å². The van der Waals surface area contributed by atoms with Crippen molar-refractivity contribution in [3.63, 3.8) is 0 Å². The summed E-state index contributed by atoms with van der Waals surface area (Å²) in [6, 6.07) is 11.5. The molecule has 0 fully saturated rings. The molecule has 0 aliphatic heterocycles. The van der Waals surface area contributed by atoms with Crippen LogP contribution in [0.4, 0.5) is 0 Å². The Morgan fingerprint density at radius 2 is 1.75 bits per heavy atom. The Morgan fingerprint density at radius 1 is 1.06 bits per heavy atom. The van der Waals surface area contributed by atoms with E-state index in [2.05, 4.69) is 15.9 Å². The number of benzene rings is 2.